The molecule has 0 aromatic carbocycles. The third-order valence-corrected chi connectivity index (χ3v) is 10.7. The van der Waals surface area contributed by atoms with Gasteiger partial charge in [-0.1, -0.05) is 12.2 Å². The van der Waals surface area contributed by atoms with Crippen LogP contribution in [0.2, 0.25) is 10.6 Å². The lowest BCUT2D eigenvalue weighted by molar-refractivity contribution is -0.0557. The van der Waals surface area contributed by atoms with Gasteiger partial charge in [0, 0.05) is 12.8 Å². The maximum Gasteiger partial charge on any atom is 0.386 e. The first-order valence-electron chi connectivity index (χ1n) is 12.8. The molecule has 0 aliphatic carbocycles. The van der Waals surface area contributed by atoms with Crippen molar-refractivity contribution in [2.24, 2.45) is 0 Å². The highest BCUT2D eigenvalue weighted by atomic mass is 35.5. The normalized spacial score (nSPS) is 34.9. The lowest BCUT2D eigenvalue weighted by Gasteiger charge is -2.28. The molecule has 24 heteroatoms. The van der Waals surface area contributed by atoms with E-state index in [2.05, 4.69) is 42.2 Å². The van der Waals surface area contributed by atoms with Crippen LogP contribution in [0.5, 0.6) is 0 Å². The number of nitrogen functional groups attached to an aromatic ring is 2. The first kappa shape index (κ1) is 30.9. The van der Waals surface area contributed by atoms with Crippen molar-refractivity contribution in [1.82, 2.24) is 39.0 Å². The summed E-state index contributed by atoms with van der Waals surface area (Å²) >= 11 is 21.5. The van der Waals surface area contributed by atoms with Gasteiger partial charge in [-0.2, -0.15) is 19.9 Å². The lowest BCUT2D eigenvalue weighted by atomic mass is 10.2. The first-order chi connectivity index (χ1) is 20.9. The second kappa shape index (κ2) is 11.5. The average Bonchev–Trinajstić information content (AvgIpc) is 3.70. The number of ether oxygens (including phenoxy) is 2. The number of halogens is 2. The van der Waals surface area contributed by atoms with Gasteiger partial charge in [-0.15, -0.1) is 0 Å². The fraction of sp³-hybridized carbons (Fsp3) is 0.500. The van der Waals surface area contributed by atoms with Gasteiger partial charge in [0.1, 0.15) is 41.8 Å². The Balaban J connectivity index is 1.13. The summed E-state index contributed by atoms with van der Waals surface area (Å²) in [7, 11) is 0. The van der Waals surface area contributed by atoms with Gasteiger partial charge in [0.25, 0.3) is 0 Å². The van der Waals surface area contributed by atoms with Crippen molar-refractivity contribution >= 4 is 94.7 Å². The van der Waals surface area contributed by atoms with Gasteiger partial charge in [-0.3, -0.25) is 18.2 Å². The summed E-state index contributed by atoms with van der Waals surface area (Å²) in [6.45, 7) is -8.47. The van der Waals surface area contributed by atoms with Crippen LogP contribution < -0.4 is 11.5 Å². The summed E-state index contributed by atoms with van der Waals surface area (Å²) in [6, 6.07) is 0. The van der Waals surface area contributed by atoms with Gasteiger partial charge >= 0.3 is 13.5 Å². The van der Waals surface area contributed by atoms with E-state index in [0.29, 0.717) is 22.3 Å². The number of fused-ring (bicyclic) bond motifs is 4. The van der Waals surface area contributed by atoms with Crippen LogP contribution in [0.15, 0.2) is 12.7 Å². The van der Waals surface area contributed by atoms with Crippen LogP contribution in [0.4, 0.5) is 11.6 Å². The van der Waals surface area contributed by atoms with Crippen LogP contribution in [0, 0.1) is 0 Å². The minimum Gasteiger partial charge on any atom is -0.382 e. The molecule has 236 valence electrons. The number of nitrogens with zero attached hydrogens (tertiary/aromatic N) is 8. The maximum atomic E-state index is 13.4. The number of hydrogen-bond acceptors (Lipinski definition) is 16. The molecule has 0 radical (unpaired) electrons. The molecule has 0 bridgehead atoms. The van der Waals surface area contributed by atoms with Gasteiger partial charge in [-0.25, -0.2) is 14.5 Å². The molecule has 3 aliphatic rings. The van der Waals surface area contributed by atoms with Crippen LogP contribution in [0.1, 0.15) is 25.3 Å². The average molecular weight is 727 g/mol. The van der Waals surface area contributed by atoms with E-state index in [0.717, 1.165) is 0 Å². The number of nitrogens with two attached hydrogens (primary N) is 2. The third-order valence-electron chi connectivity index (χ3n) is 7.16. The summed E-state index contributed by atoms with van der Waals surface area (Å²) in [5, 5.41) is -0.157. The largest absolute Gasteiger partial charge is 0.386 e. The zero-order chi connectivity index (χ0) is 31.0. The predicted octanol–water partition coefficient (Wildman–Crippen LogP) is 2.78. The van der Waals surface area contributed by atoms with Crippen LogP contribution >= 0.6 is 49.0 Å². The molecule has 3 unspecified atom stereocenters. The zero-order valence-electron chi connectivity index (χ0n) is 22.0. The van der Waals surface area contributed by atoms with Gasteiger partial charge in [0.05, 0.1) is 32.0 Å². The summed E-state index contributed by atoms with van der Waals surface area (Å²) in [6.07, 6.45) is -1.80. The SMILES string of the molecule is Nc1nc(Cl)nc2c1ncn2[C@H]1CC2OP(=O)(S)OC[C@H]3O[C@@H](n4cnc5c(N)nc(Cl)nc54)C[C@H]3OP(O)(=S)OC[C@H]2O1. The van der Waals surface area contributed by atoms with E-state index in [9.17, 15) is 9.46 Å². The standard InChI is InChI=1S/C20H22Cl2N10O8P2S2/c21-19-27-15(23)13-17(29-19)31(5-25-13)11-1-7-9(37-11)3-35-42(34,44)40-8-2-12(38-10(8)4-36-41(33,43)39-7)32-6-26-14-16(24)28-20(22)30-18(14)32/h5-12H,1-4H2,(H,33,43)(H,34,44)(H2,23,27,29)(H2,24,28,30)/t7-,8?,9-,10-,11-,12-,41?,42?/m1/s1. The molecule has 0 amide bonds. The second-order valence-electron chi connectivity index (χ2n) is 9.95. The topological polar surface area (TPSA) is 232 Å². The quantitative estimate of drug-likeness (QED) is 0.132. The van der Waals surface area contributed by atoms with E-state index in [1.165, 1.54) is 12.7 Å². The van der Waals surface area contributed by atoms with Gasteiger partial charge in [-0.05, 0) is 35.0 Å². The molecular formula is C20H22Cl2N10O8P2S2. The monoisotopic (exact) mass is 726 g/mol. The number of thiol groups is 1. The molecule has 7 rings (SSSR count). The Morgan fingerprint density at radius 1 is 0.841 bits per heavy atom. The Kier molecular flexibility index (Phi) is 8.05. The Morgan fingerprint density at radius 2 is 1.32 bits per heavy atom. The zero-order valence-corrected chi connectivity index (χ0v) is 27.0. The van der Waals surface area contributed by atoms with E-state index in [1.807, 2.05) is 0 Å². The van der Waals surface area contributed by atoms with E-state index >= 15 is 0 Å². The summed E-state index contributed by atoms with van der Waals surface area (Å²) in [5.74, 6) is 0.180. The number of anilines is 2. The van der Waals surface area contributed by atoms with Crippen molar-refractivity contribution in [2.45, 2.75) is 49.7 Å². The van der Waals surface area contributed by atoms with Gasteiger partial charge in [0.2, 0.25) is 10.6 Å². The number of aromatic nitrogens is 8. The highest BCUT2D eigenvalue weighted by molar-refractivity contribution is 8.44. The second-order valence-corrected chi connectivity index (χ2v) is 16.3. The molecule has 18 nitrogen and oxygen atoms in total. The molecule has 0 saturated carbocycles. The van der Waals surface area contributed by atoms with E-state index in [1.54, 1.807) is 9.13 Å². The van der Waals surface area contributed by atoms with Crippen LogP contribution in [-0.4, -0.2) is 81.6 Å². The minimum atomic E-state index is -4.01. The Morgan fingerprint density at radius 3 is 1.84 bits per heavy atom. The van der Waals surface area contributed by atoms with Crippen molar-refractivity contribution < 1.29 is 37.0 Å². The number of hydrogen-bond donors (Lipinski definition) is 4. The predicted molar refractivity (Wildman–Crippen MR) is 161 cm³/mol. The maximum absolute atomic E-state index is 13.4. The molecule has 0 spiro atoms. The van der Waals surface area contributed by atoms with Crippen molar-refractivity contribution in [2.75, 3.05) is 24.7 Å². The number of rotatable bonds is 2. The molecule has 4 aromatic heterocycles. The highest BCUT2D eigenvalue weighted by Crippen LogP contribution is 2.58. The molecule has 3 fully saturated rings. The number of imidazole rings is 2. The Labute approximate surface area is 267 Å². The van der Waals surface area contributed by atoms with E-state index in [4.69, 9.17) is 74.0 Å². The van der Waals surface area contributed by atoms with Crippen molar-refractivity contribution in [1.29, 1.82) is 0 Å². The highest BCUT2D eigenvalue weighted by Gasteiger charge is 2.46. The molecule has 3 aliphatic heterocycles. The van der Waals surface area contributed by atoms with Crippen LogP contribution in [-0.2, 0) is 43.9 Å². The van der Waals surface area contributed by atoms with Gasteiger partial charge in [0.15, 0.2) is 22.9 Å². The first-order valence-corrected chi connectivity index (χ1v) is 18.8. The fourth-order valence-electron chi connectivity index (χ4n) is 5.25. The smallest absolute Gasteiger partial charge is 0.382 e. The molecule has 44 heavy (non-hydrogen) atoms. The van der Waals surface area contributed by atoms with Gasteiger partial charge < -0.3 is 34.9 Å². The molecule has 5 N–H and O–H groups in total. The van der Waals surface area contributed by atoms with E-state index < -0.39 is 50.4 Å². The Bertz CT molecular complexity index is 1740. The molecule has 4 aromatic rings. The summed E-state index contributed by atoms with van der Waals surface area (Å²) < 4.78 is 51.9. The molecule has 3 saturated heterocycles. The van der Waals surface area contributed by atoms with Crippen molar-refractivity contribution in [3.05, 3.63) is 23.2 Å². The fourth-order valence-corrected chi connectivity index (χ4v) is 8.59. The van der Waals surface area contributed by atoms with Crippen molar-refractivity contribution in [3.8, 4) is 0 Å². The molecule has 7 heterocycles. The lowest BCUT2D eigenvalue weighted by Crippen LogP contribution is -2.32. The Hall–Kier alpha value is -1.77. The van der Waals surface area contributed by atoms with Crippen LogP contribution in [0.3, 0.4) is 0 Å². The molecular weight excluding hydrogens is 705 g/mol. The minimum absolute atomic E-state index is 0.0781. The van der Waals surface area contributed by atoms with Crippen molar-refractivity contribution in [3.63, 3.8) is 0 Å². The third kappa shape index (κ3) is 5.92. The van der Waals surface area contributed by atoms with Crippen LogP contribution in [0.25, 0.3) is 22.3 Å². The summed E-state index contributed by atoms with van der Waals surface area (Å²) in [5.41, 5.74) is 13.1. The molecule has 8 atom stereocenters. The summed E-state index contributed by atoms with van der Waals surface area (Å²) in [4.78, 5) is 35.7. The van der Waals surface area contributed by atoms with E-state index in [-0.39, 0.29) is 48.3 Å².